The quantitative estimate of drug-likeness (QED) is 0.911. The lowest BCUT2D eigenvalue weighted by Crippen LogP contribution is -2.13. The zero-order valence-corrected chi connectivity index (χ0v) is 12.4. The molecule has 1 aromatic carbocycles. The normalized spacial score (nSPS) is 11.0. The fourth-order valence-corrected chi connectivity index (χ4v) is 2.11. The minimum absolute atomic E-state index is 0.523. The minimum atomic E-state index is 0.523. The molecule has 0 bridgehead atoms. The van der Waals surface area contributed by atoms with E-state index in [1.165, 1.54) is 0 Å². The minimum Gasteiger partial charge on any atom is -0.377 e. The molecule has 0 saturated carbocycles. The van der Waals surface area contributed by atoms with E-state index in [1.54, 1.807) is 12.4 Å². The zero-order chi connectivity index (χ0) is 13.8. The number of rotatable bonds is 5. The second-order valence-corrected chi connectivity index (χ2v) is 5.49. The predicted octanol–water partition coefficient (Wildman–Crippen LogP) is 3.85. The van der Waals surface area contributed by atoms with E-state index in [2.05, 4.69) is 29.2 Å². The summed E-state index contributed by atoms with van der Waals surface area (Å²) in [6.45, 7) is 5.70. The van der Waals surface area contributed by atoms with Crippen LogP contribution in [0.5, 0.6) is 0 Å². The highest BCUT2D eigenvalue weighted by atomic mass is 35.5. The first-order valence-corrected chi connectivity index (χ1v) is 6.88. The van der Waals surface area contributed by atoms with Gasteiger partial charge in [0.1, 0.15) is 12.2 Å². The Morgan fingerprint density at radius 2 is 2.11 bits per heavy atom. The molecule has 19 heavy (non-hydrogen) atoms. The van der Waals surface area contributed by atoms with Gasteiger partial charge in [-0.1, -0.05) is 43.1 Å². The van der Waals surface area contributed by atoms with Crippen LogP contribution in [0.25, 0.3) is 0 Å². The molecule has 0 atom stereocenters. The highest BCUT2D eigenvalue weighted by Crippen LogP contribution is 2.29. The van der Waals surface area contributed by atoms with Crippen molar-refractivity contribution in [2.45, 2.75) is 26.9 Å². The maximum absolute atomic E-state index is 6.12. The number of anilines is 1. The summed E-state index contributed by atoms with van der Waals surface area (Å²) < 4.78 is 1.90. The van der Waals surface area contributed by atoms with Crippen LogP contribution in [0.4, 0.5) is 5.69 Å². The molecule has 0 aliphatic rings. The van der Waals surface area contributed by atoms with Gasteiger partial charge in [-0.05, 0) is 18.1 Å². The van der Waals surface area contributed by atoms with Crippen LogP contribution in [-0.4, -0.2) is 14.8 Å². The molecule has 1 aromatic heterocycles. The monoisotopic (exact) mass is 298 g/mol. The molecule has 0 aliphatic heterocycles. The Hall–Kier alpha value is -1.26. The summed E-state index contributed by atoms with van der Waals surface area (Å²) in [6.07, 6.45) is 1.57. The maximum atomic E-state index is 6.12. The lowest BCUT2D eigenvalue weighted by atomic mass is 10.2. The summed E-state index contributed by atoms with van der Waals surface area (Å²) >= 11 is 12.1. The van der Waals surface area contributed by atoms with Gasteiger partial charge in [-0.2, -0.15) is 5.10 Å². The molecular weight excluding hydrogens is 283 g/mol. The molecule has 1 N–H and O–H groups in total. The van der Waals surface area contributed by atoms with Gasteiger partial charge in [0.15, 0.2) is 0 Å². The van der Waals surface area contributed by atoms with Crippen LogP contribution in [0.2, 0.25) is 10.0 Å². The molecule has 1 heterocycles. The third-order valence-electron chi connectivity index (χ3n) is 2.62. The average molecular weight is 299 g/mol. The molecule has 0 spiro atoms. The highest BCUT2D eigenvalue weighted by molar-refractivity contribution is 6.43. The smallest absolute Gasteiger partial charge is 0.146 e. The zero-order valence-electron chi connectivity index (χ0n) is 10.9. The van der Waals surface area contributed by atoms with E-state index >= 15 is 0 Å². The van der Waals surface area contributed by atoms with Crippen molar-refractivity contribution in [1.82, 2.24) is 14.8 Å². The van der Waals surface area contributed by atoms with E-state index in [0.29, 0.717) is 22.5 Å². The number of halogens is 2. The molecule has 6 heteroatoms. The second kappa shape index (κ2) is 6.26. The standard InChI is InChI=1S/C13H16Cl2N4/c1-9(2)7-19-12(17-8-18-19)6-16-11-5-3-4-10(14)13(11)15/h3-5,8-9,16H,6-7H2,1-2H3. The molecule has 0 fully saturated rings. The van der Waals surface area contributed by atoms with E-state index in [1.807, 2.05) is 16.8 Å². The van der Waals surface area contributed by atoms with Crippen molar-refractivity contribution in [3.8, 4) is 0 Å². The second-order valence-electron chi connectivity index (χ2n) is 4.71. The lowest BCUT2D eigenvalue weighted by molar-refractivity contribution is 0.468. The predicted molar refractivity (Wildman–Crippen MR) is 78.6 cm³/mol. The Morgan fingerprint density at radius 3 is 2.84 bits per heavy atom. The van der Waals surface area contributed by atoms with Crippen LogP contribution in [-0.2, 0) is 13.1 Å². The van der Waals surface area contributed by atoms with Crippen molar-refractivity contribution >= 4 is 28.9 Å². The maximum Gasteiger partial charge on any atom is 0.146 e. The van der Waals surface area contributed by atoms with Gasteiger partial charge in [0, 0.05) is 6.54 Å². The van der Waals surface area contributed by atoms with Crippen molar-refractivity contribution in [2.24, 2.45) is 5.92 Å². The molecule has 102 valence electrons. The molecule has 0 aliphatic carbocycles. The Labute approximate surface area is 122 Å². The number of benzene rings is 1. The first-order valence-electron chi connectivity index (χ1n) is 6.12. The number of nitrogens with one attached hydrogen (secondary N) is 1. The summed E-state index contributed by atoms with van der Waals surface area (Å²) in [7, 11) is 0. The van der Waals surface area contributed by atoms with E-state index in [4.69, 9.17) is 23.2 Å². The van der Waals surface area contributed by atoms with Crippen molar-refractivity contribution in [1.29, 1.82) is 0 Å². The first kappa shape index (κ1) is 14.2. The number of nitrogens with zero attached hydrogens (tertiary/aromatic N) is 3. The van der Waals surface area contributed by atoms with Crippen molar-refractivity contribution in [3.05, 3.63) is 40.4 Å². The molecule has 0 amide bonds. The van der Waals surface area contributed by atoms with Crippen LogP contribution in [0, 0.1) is 5.92 Å². The van der Waals surface area contributed by atoms with Crippen molar-refractivity contribution < 1.29 is 0 Å². The van der Waals surface area contributed by atoms with Gasteiger partial charge in [0.25, 0.3) is 0 Å². The number of hydrogen-bond acceptors (Lipinski definition) is 3. The summed E-state index contributed by atoms with van der Waals surface area (Å²) in [5.74, 6) is 1.40. The van der Waals surface area contributed by atoms with Crippen molar-refractivity contribution in [2.75, 3.05) is 5.32 Å². The fraction of sp³-hybridized carbons (Fsp3) is 0.385. The summed E-state index contributed by atoms with van der Waals surface area (Å²) in [6, 6.07) is 5.50. The molecule has 2 rings (SSSR count). The average Bonchev–Trinajstić information content (AvgIpc) is 2.78. The number of aromatic nitrogens is 3. The van der Waals surface area contributed by atoms with Gasteiger partial charge in [-0.3, -0.25) is 0 Å². The third kappa shape index (κ3) is 3.61. The summed E-state index contributed by atoms with van der Waals surface area (Å²) in [5.41, 5.74) is 0.799. The van der Waals surface area contributed by atoms with Crippen LogP contribution < -0.4 is 5.32 Å². The van der Waals surface area contributed by atoms with Crippen LogP contribution in [0.15, 0.2) is 24.5 Å². The Kier molecular flexibility index (Phi) is 4.66. The molecular formula is C13H16Cl2N4. The van der Waals surface area contributed by atoms with Gasteiger partial charge in [0.05, 0.1) is 22.3 Å². The molecule has 4 nitrogen and oxygen atoms in total. The summed E-state index contributed by atoms with van der Waals surface area (Å²) in [4.78, 5) is 4.25. The van der Waals surface area contributed by atoms with Crippen LogP contribution in [0.3, 0.4) is 0 Å². The molecule has 0 radical (unpaired) electrons. The fourth-order valence-electron chi connectivity index (χ4n) is 1.74. The Morgan fingerprint density at radius 1 is 1.32 bits per heavy atom. The van der Waals surface area contributed by atoms with Crippen LogP contribution in [0.1, 0.15) is 19.7 Å². The largest absolute Gasteiger partial charge is 0.377 e. The molecule has 2 aromatic rings. The van der Waals surface area contributed by atoms with Crippen molar-refractivity contribution in [3.63, 3.8) is 0 Å². The molecule has 0 unspecified atom stereocenters. The van der Waals surface area contributed by atoms with E-state index in [0.717, 1.165) is 18.1 Å². The van der Waals surface area contributed by atoms with Gasteiger partial charge in [0.2, 0.25) is 0 Å². The van der Waals surface area contributed by atoms with Gasteiger partial charge < -0.3 is 5.32 Å². The van der Waals surface area contributed by atoms with E-state index < -0.39 is 0 Å². The number of hydrogen-bond donors (Lipinski definition) is 1. The van der Waals surface area contributed by atoms with Gasteiger partial charge >= 0.3 is 0 Å². The Balaban J connectivity index is 2.06. The highest BCUT2D eigenvalue weighted by Gasteiger charge is 2.08. The van der Waals surface area contributed by atoms with E-state index in [9.17, 15) is 0 Å². The first-order chi connectivity index (χ1) is 9.08. The van der Waals surface area contributed by atoms with E-state index in [-0.39, 0.29) is 0 Å². The van der Waals surface area contributed by atoms with Gasteiger partial charge in [-0.15, -0.1) is 0 Å². The van der Waals surface area contributed by atoms with Gasteiger partial charge in [-0.25, -0.2) is 9.67 Å². The summed E-state index contributed by atoms with van der Waals surface area (Å²) in [5, 5.41) is 8.51. The molecule has 0 saturated heterocycles. The lowest BCUT2D eigenvalue weighted by Gasteiger charge is -2.11. The SMILES string of the molecule is CC(C)Cn1ncnc1CNc1cccc(Cl)c1Cl. The third-order valence-corrected chi connectivity index (χ3v) is 3.44. The van der Waals surface area contributed by atoms with Crippen LogP contribution >= 0.6 is 23.2 Å². The topological polar surface area (TPSA) is 42.7 Å². The Bertz CT molecular complexity index is 551.